The number of ether oxygens (including phenoxy) is 1. The van der Waals surface area contributed by atoms with E-state index in [0.717, 1.165) is 10.9 Å². The number of benzene rings is 3. The molecule has 144 valence electrons. The molecular formula is C21H20N2O4S. The Morgan fingerprint density at radius 3 is 2.54 bits per heavy atom. The first-order valence-corrected chi connectivity index (χ1v) is 10.3. The molecule has 1 aliphatic rings. The van der Waals surface area contributed by atoms with E-state index in [-0.39, 0.29) is 4.90 Å². The standard InChI is InChI=1S/C21H20N2O4S/c1-13-10-11-18(27-3)16(12-13)22-21(24)14(2)23-17-8-4-6-15-7-5-9-19(20(15)17)28(23,25)26/h4-12,14H,1-3H3,(H,22,24). The van der Waals surface area contributed by atoms with Crippen LogP contribution in [0.15, 0.2) is 59.5 Å². The van der Waals surface area contributed by atoms with Crippen LogP contribution in [0.25, 0.3) is 10.8 Å². The number of anilines is 2. The highest BCUT2D eigenvalue weighted by Crippen LogP contribution is 2.43. The maximum atomic E-state index is 13.2. The topological polar surface area (TPSA) is 75.7 Å². The fourth-order valence-corrected chi connectivity index (χ4v) is 5.47. The Morgan fingerprint density at radius 1 is 1.11 bits per heavy atom. The van der Waals surface area contributed by atoms with Gasteiger partial charge in [-0.15, -0.1) is 0 Å². The SMILES string of the molecule is COc1ccc(C)cc1NC(=O)C(C)N1c2cccc3cccc(c23)S1(=O)=O. The van der Waals surface area contributed by atoms with Crippen LogP contribution in [0.5, 0.6) is 5.75 Å². The molecule has 0 spiro atoms. The molecule has 7 heteroatoms. The third-order valence-corrected chi connectivity index (χ3v) is 6.89. The summed E-state index contributed by atoms with van der Waals surface area (Å²) in [5, 5.41) is 4.28. The van der Waals surface area contributed by atoms with Gasteiger partial charge < -0.3 is 10.1 Å². The lowest BCUT2D eigenvalue weighted by Gasteiger charge is -2.25. The Balaban J connectivity index is 1.73. The van der Waals surface area contributed by atoms with Crippen molar-refractivity contribution in [1.82, 2.24) is 0 Å². The first kappa shape index (κ1) is 18.3. The Kier molecular flexibility index (Phi) is 4.27. The molecule has 1 N–H and O–H groups in total. The maximum Gasteiger partial charge on any atom is 0.265 e. The van der Waals surface area contributed by atoms with Crippen molar-refractivity contribution >= 4 is 38.1 Å². The smallest absolute Gasteiger partial charge is 0.265 e. The van der Waals surface area contributed by atoms with Crippen molar-refractivity contribution in [3.63, 3.8) is 0 Å². The van der Waals surface area contributed by atoms with Crippen LogP contribution in [0.2, 0.25) is 0 Å². The average molecular weight is 396 g/mol. The van der Waals surface area contributed by atoms with Crippen LogP contribution >= 0.6 is 0 Å². The van der Waals surface area contributed by atoms with Gasteiger partial charge in [0, 0.05) is 5.39 Å². The number of aryl methyl sites for hydroxylation is 1. The normalized spacial score (nSPS) is 15.5. The maximum absolute atomic E-state index is 13.2. The van der Waals surface area contributed by atoms with Crippen molar-refractivity contribution < 1.29 is 17.9 Å². The number of rotatable bonds is 4. The summed E-state index contributed by atoms with van der Waals surface area (Å²) >= 11 is 0. The average Bonchev–Trinajstić information content (AvgIpc) is 2.90. The molecule has 0 radical (unpaired) electrons. The van der Waals surface area contributed by atoms with E-state index >= 15 is 0 Å². The second-order valence-corrected chi connectivity index (χ2v) is 8.58. The number of nitrogens with one attached hydrogen (secondary N) is 1. The number of hydrogen-bond donors (Lipinski definition) is 1. The van der Waals surface area contributed by atoms with E-state index in [9.17, 15) is 13.2 Å². The van der Waals surface area contributed by atoms with Gasteiger partial charge in [0.15, 0.2) is 0 Å². The summed E-state index contributed by atoms with van der Waals surface area (Å²) in [4.78, 5) is 13.2. The van der Waals surface area contributed by atoms with Crippen LogP contribution in [-0.2, 0) is 14.8 Å². The number of hydrogen-bond acceptors (Lipinski definition) is 4. The predicted molar refractivity (Wildman–Crippen MR) is 109 cm³/mol. The lowest BCUT2D eigenvalue weighted by atomic mass is 10.1. The molecule has 1 heterocycles. The molecule has 0 saturated carbocycles. The molecule has 1 amide bonds. The van der Waals surface area contributed by atoms with Gasteiger partial charge in [-0.3, -0.25) is 9.10 Å². The Bertz CT molecular complexity index is 1200. The zero-order valence-corrected chi connectivity index (χ0v) is 16.6. The monoisotopic (exact) mass is 396 g/mol. The van der Waals surface area contributed by atoms with Gasteiger partial charge in [-0.1, -0.05) is 30.3 Å². The van der Waals surface area contributed by atoms with Gasteiger partial charge in [-0.2, -0.15) is 0 Å². The third-order valence-electron chi connectivity index (χ3n) is 4.96. The van der Waals surface area contributed by atoms with Gasteiger partial charge in [0.1, 0.15) is 11.8 Å². The van der Waals surface area contributed by atoms with Crippen LogP contribution in [0.4, 0.5) is 11.4 Å². The molecule has 0 aliphatic carbocycles. The van der Waals surface area contributed by atoms with E-state index in [4.69, 9.17) is 4.74 Å². The fourth-order valence-electron chi connectivity index (χ4n) is 3.60. The van der Waals surface area contributed by atoms with Crippen molar-refractivity contribution in [3.8, 4) is 5.75 Å². The van der Waals surface area contributed by atoms with Crippen molar-refractivity contribution in [1.29, 1.82) is 0 Å². The number of sulfonamides is 1. The molecule has 28 heavy (non-hydrogen) atoms. The van der Waals surface area contributed by atoms with Crippen molar-refractivity contribution in [2.75, 3.05) is 16.7 Å². The highest BCUT2D eigenvalue weighted by Gasteiger charge is 2.40. The molecule has 0 saturated heterocycles. The van der Waals surface area contributed by atoms with Gasteiger partial charge in [-0.05, 0) is 49.1 Å². The zero-order valence-electron chi connectivity index (χ0n) is 15.8. The highest BCUT2D eigenvalue weighted by molar-refractivity contribution is 7.93. The predicted octanol–water partition coefficient (Wildman–Crippen LogP) is 3.69. The minimum atomic E-state index is -3.82. The second kappa shape index (κ2) is 6.53. The van der Waals surface area contributed by atoms with Gasteiger partial charge in [-0.25, -0.2) is 8.42 Å². The first-order valence-electron chi connectivity index (χ1n) is 8.86. The van der Waals surface area contributed by atoms with E-state index in [1.165, 1.54) is 11.4 Å². The van der Waals surface area contributed by atoms with Crippen molar-refractivity contribution in [3.05, 3.63) is 60.2 Å². The minimum Gasteiger partial charge on any atom is -0.495 e. The fraction of sp³-hybridized carbons (Fsp3) is 0.190. The molecule has 1 aliphatic heterocycles. The molecule has 0 bridgehead atoms. The van der Waals surface area contributed by atoms with E-state index in [0.29, 0.717) is 22.5 Å². The molecule has 4 rings (SSSR count). The van der Waals surface area contributed by atoms with E-state index in [2.05, 4.69) is 5.32 Å². The number of methoxy groups -OCH3 is 1. The molecule has 0 aromatic heterocycles. The lowest BCUT2D eigenvalue weighted by molar-refractivity contribution is -0.116. The van der Waals surface area contributed by atoms with Crippen LogP contribution < -0.4 is 14.4 Å². The quantitative estimate of drug-likeness (QED) is 0.730. The number of carbonyl (C=O) groups excluding carboxylic acids is 1. The zero-order chi connectivity index (χ0) is 20.1. The van der Waals surface area contributed by atoms with E-state index in [1.54, 1.807) is 43.3 Å². The number of nitrogens with zero attached hydrogens (tertiary/aromatic N) is 1. The third kappa shape index (κ3) is 2.70. The molecular weight excluding hydrogens is 376 g/mol. The largest absolute Gasteiger partial charge is 0.495 e. The van der Waals surface area contributed by atoms with Gasteiger partial charge >= 0.3 is 0 Å². The Hall–Kier alpha value is -3.06. The van der Waals surface area contributed by atoms with Gasteiger partial charge in [0.2, 0.25) is 5.91 Å². The lowest BCUT2D eigenvalue weighted by Crippen LogP contribution is -2.44. The van der Waals surface area contributed by atoms with Crippen LogP contribution in [0, 0.1) is 6.92 Å². The summed E-state index contributed by atoms with van der Waals surface area (Å²) in [7, 11) is -2.30. The summed E-state index contributed by atoms with van der Waals surface area (Å²) in [5.41, 5.74) is 1.98. The van der Waals surface area contributed by atoms with Crippen LogP contribution in [0.3, 0.4) is 0 Å². The number of amides is 1. The molecule has 1 atom stereocenters. The highest BCUT2D eigenvalue weighted by atomic mass is 32.2. The summed E-state index contributed by atoms with van der Waals surface area (Å²) in [6.45, 7) is 3.49. The summed E-state index contributed by atoms with van der Waals surface area (Å²) in [6.07, 6.45) is 0. The van der Waals surface area contributed by atoms with Gasteiger partial charge in [0.05, 0.1) is 23.4 Å². The van der Waals surface area contributed by atoms with Crippen molar-refractivity contribution in [2.24, 2.45) is 0 Å². The van der Waals surface area contributed by atoms with E-state index < -0.39 is 22.0 Å². The Labute approximate surface area is 163 Å². The molecule has 6 nitrogen and oxygen atoms in total. The molecule has 3 aromatic rings. The van der Waals surface area contributed by atoms with Crippen molar-refractivity contribution in [2.45, 2.75) is 24.8 Å². The van der Waals surface area contributed by atoms with Crippen LogP contribution in [-0.4, -0.2) is 27.5 Å². The molecule has 3 aromatic carbocycles. The summed E-state index contributed by atoms with van der Waals surface area (Å²) < 4.78 is 32.8. The van der Waals surface area contributed by atoms with Gasteiger partial charge in [0.25, 0.3) is 10.0 Å². The summed E-state index contributed by atoms with van der Waals surface area (Å²) in [6, 6.07) is 15.0. The van der Waals surface area contributed by atoms with E-state index in [1.807, 2.05) is 25.1 Å². The minimum absolute atomic E-state index is 0.230. The Morgan fingerprint density at radius 2 is 1.82 bits per heavy atom. The molecule has 0 fully saturated rings. The molecule has 1 unspecified atom stereocenters. The van der Waals surface area contributed by atoms with Crippen LogP contribution in [0.1, 0.15) is 12.5 Å². The first-order chi connectivity index (χ1) is 13.3. The summed E-state index contributed by atoms with van der Waals surface area (Å²) in [5.74, 6) is 0.0816. The second-order valence-electron chi connectivity index (χ2n) is 6.80. The number of carbonyl (C=O) groups is 1.